The average Bonchev–Trinajstić information content (AvgIpc) is 3.03. The van der Waals surface area contributed by atoms with Crippen molar-refractivity contribution in [2.75, 3.05) is 38.1 Å². The lowest BCUT2D eigenvalue weighted by atomic mass is 9.92. The molecule has 3 N–H and O–H groups in total. The molecule has 1 aliphatic heterocycles. The number of aliphatic hydroxyl groups is 1. The van der Waals surface area contributed by atoms with Crippen molar-refractivity contribution < 1.29 is 33.8 Å². The summed E-state index contributed by atoms with van der Waals surface area (Å²) in [6.07, 6.45) is 2.29. The van der Waals surface area contributed by atoms with Gasteiger partial charge in [0.25, 0.3) is 5.91 Å². The predicted octanol–water partition coefficient (Wildman–Crippen LogP) is 3.38. The van der Waals surface area contributed by atoms with Crippen LogP contribution in [-0.4, -0.2) is 105 Å². The van der Waals surface area contributed by atoms with E-state index in [0.29, 0.717) is 23.6 Å². The lowest BCUT2D eigenvalue weighted by Gasteiger charge is -2.36. The molecule has 1 saturated carbocycles. The number of anilines is 1. The number of amides is 3. The molecule has 2 aromatic rings. The molecule has 0 bridgehead atoms. The Kier molecular flexibility index (Phi) is 11.9. The number of ether oxygens (including phenoxy) is 2. The van der Waals surface area contributed by atoms with Gasteiger partial charge < -0.3 is 35.0 Å². The number of nitrogens with zero attached hydrogens (tertiary/aromatic N) is 4. The summed E-state index contributed by atoms with van der Waals surface area (Å²) in [5.74, 6) is -0.775. The second kappa shape index (κ2) is 15.8. The van der Waals surface area contributed by atoms with Crippen molar-refractivity contribution in [3.8, 4) is 11.4 Å². The number of aromatic nitrogens is 2. The smallest absolute Gasteiger partial charge is 0.409 e. The zero-order valence-electron chi connectivity index (χ0n) is 27.2. The maximum Gasteiger partial charge on any atom is 0.409 e. The Hall–Kier alpha value is -4.26. The summed E-state index contributed by atoms with van der Waals surface area (Å²) in [6, 6.07) is 9.45. The van der Waals surface area contributed by atoms with Crippen LogP contribution in [0.2, 0.25) is 0 Å². The van der Waals surface area contributed by atoms with Crippen LogP contribution in [0.1, 0.15) is 76.7 Å². The van der Waals surface area contributed by atoms with Crippen LogP contribution in [0.15, 0.2) is 36.4 Å². The van der Waals surface area contributed by atoms with Gasteiger partial charge in [0.05, 0.1) is 18.8 Å². The number of benzene rings is 1. The van der Waals surface area contributed by atoms with Gasteiger partial charge in [-0.3, -0.25) is 14.4 Å². The van der Waals surface area contributed by atoms with Gasteiger partial charge in [0, 0.05) is 44.2 Å². The Morgan fingerprint density at radius 2 is 1.67 bits per heavy atom. The van der Waals surface area contributed by atoms with E-state index >= 15 is 0 Å². The highest BCUT2D eigenvalue weighted by Crippen LogP contribution is 2.24. The highest BCUT2D eigenvalue weighted by atomic mass is 16.6. The Labute approximate surface area is 270 Å². The molecule has 1 aliphatic carbocycles. The first kappa shape index (κ1) is 34.6. The molecule has 13 heteroatoms. The summed E-state index contributed by atoms with van der Waals surface area (Å²) < 4.78 is 10.5. The molecule has 2 fully saturated rings. The van der Waals surface area contributed by atoms with E-state index in [1.807, 2.05) is 30.3 Å². The lowest BCUT2D eigenvalue weighted by Crippen LogP contribution is -2.56. The van der Waals surface area contributed by atoms with Crippen LogP contribution >= 0.6 is 0 Å². The summed E-state index contributed by atoms with van der Waals surface area (Å²) in [7, 11) is 0. The zero-order chi connectivity index (χ0) is 33.3. The summed E-state index contributed by atoms with van der Waals surface area (Å²) in [6.45, 7) is 8.33. The van der Waals surface area contributed by atoms with Gasteiger partial charge in [-0.1, -0.05) is 43.2 Å². The monoisotopic (exact) mass is 638 g/mol. The van der Waals surface area contributed by atoms with E-state index in [-0.39, 0.29) is 63.3 Å². The maximum atomic E-state index is 13.8. The number of hydrogen-bond donors (Lipinski definition) is 3. The van der Waals surface area contributed by atoms with Crippen LogP contribution in [0.4, 0.5) is 10.6 Å². The van der Waals surface area contributed by atoms with E-state index < -0.39 is 35.7 Å². The van der Waals surface area contributed by atoms with Crippen LogP contribution in [0.3, 0.4) is 0 Å². The normalized spacial score (nSPS) is 19.2. The van der Waals surface area contributed by atoms with E-state index in [1.54, 1.807) is 32.6 Å². The van der Waals surface area contributed by atoms with Crippen molar-refractivity contribution in [3.05, 3.63) is 42.1 Å². The van der Waals surface area contributed by atoms with Crippen molar-refractivity contribution in [1.82, 2.24) is 25.1 Å². The number of carbonyl (C=O) groups is 4. The topological polar surface area (TPSA) is 163 Å². The number of piperazine rings is 1. The van der Waals surface area contributed by atoms with Gasteiger partial charge in [0.1, 0.15) is 23.2 Å². The van der Waals surface area contributed by atoms with Crippen LogP contribution < -0.4 is 10.6 Å². The molecule has 4 rings (SSSR count). The number of esters is 1. The Balaban J connectivity index is 1.56. The molecule has 1 saturated heterocycles. The third-order valence-corrected chi connectivity index (χ3v) is 7.83. The minimum Gasteiger partial charge on any atom is -0.460 e. The minimum absolute atomic E-state index is 0.00752. The van der Waals surface area contributed by atoms with Gasteiger partial charge in [-0.25, -0.2) is 14.8 Å². The molecule has 3 amide bonds. The fourth-order valence-electron chi connectivity index (χ4n) is 5.51. The molecule has 0 unspecified atom stereocenters. The van der Waals surface area contributed by atoms with E-state index in [0.717, 1.165) is 19.3 Å². The maximum absolute atomic E-state index is 13.8. The van der Waals surface area contributed by atoms with Crippen LogP contribution in [0, 0.1) is 0 Å². The summed E-state index contributed by atoms with van der Waals surface area (Å²) >= 11 is 0. The largest absolute Gasteiger partial charge is 0.460 e. The molecule has 1 aromatic carbocycles. The number of nitrogens with one attached hydrogen (secondary N) is 2. The fraction of sp³-hybridized carbons (Fsp3) is 0.576. The van der Waals surface area contributed by atoms with E-state index in [4.69, 9.17) is 9.47 Å². The van der Waals surface area contributed by atoms with E-state index in [2.05, 4.69) is 20.6 Å². The molecular formula is C33H46N6O7. The van der Waals surface area contributed by atoms with E-state index in [9.17, 15) is 24.3 Å². The second-order valence-corrected chi connectivity index (χ2v) is 12.6. The molecule has 0 spiro atoms. The van der Waals surface area contributed by atoms with Crippen LogP contribution in [-0.2, 0) is 19.1 Å². The van der Waals surface area contributed by atoms with Crippen molar-refractivity contribution in [2.24, 2.45) is 0 Å². The molecule has 1 aromatic heterocycles. The van der Waals surface area contributed by atoms with Gasteiger partial charge in [0.15, 0.2) is 5.82 Å². The Morgan fingerprint density at radius 1 is 1.00 bits per heavy atom. The number of rotatable bonds is 10. The molecule has 13 nitrogen and oxygen atoms in total. The first-order chi connectivity index (χ1) is 21.9. The molecule has 2 heterocycles. The molecule has 250 valence electrons. The highest BCUT2D eigenvalue weighted by molar-refractivity contribution is 5.97. The molecule has 3 atom stereocenters. The average molecular weight is 639 g/mol. The van der Waals surface area contributed by atoms with Crippen molar-refractivity contribution in [2.45, 2.75) is 90.0 Å². The standard InChI is InChI=1S/C33H46N6O7/c1-5-45-32(44)39-19-17-38(18-20-39)31(43)24(15-16-28(41)46-33(2,3)4)36-30(42)25-21-27(34-23-13-9-10-14-26(23)40)37-29(35-25)22-11-7-6-8-12-22/h6-8,11-12,21,23-24,26,40H,5,9-10,13-20H2,1-4H3,(H,36,42)(H,34,35,37)/t23-,24+,26-/m1/s1. The van der Waals surface area contributed by atoms with Crippen LogP contribution in [0.5, 0.6) is 0 Å². The Morgan fingerprint density at radius 3 is 2.33 bits per heavy atom. The molecule has 2 aliphatic rings. The van der Waals surface area contributed by atoms with Crippen molar-refractivity contribution in [3.63, 3.8) is 0 Å². The number of hydrogen-bond acceptors (Lipinski definition) is 10. The summed E-state index contributed by atoms with van der Waals surface area (Å²) in [5, 5.41) is 16.7. The summed E-state index contributed by atoms with van der Waals surface area (Å²) in [5.41, 5.74) is 0.0261. The molecule has 46 heavy (non-hydrogen) atoms. The van der Waals surface area contributed by atoms with Gasteiger partial charge in [-0.05, 0) is 47.0 Å². The lowest BCUT2D eigenvalue weighted by molar-refractivity contribution is -0.155. The van der Waals surface area contributed by atoms with E-state index in [1.165, 1.54) is 11.0 Å². The fourth-order valence-corrected chi connectivity index (χ4v) is 5.51. The van der Waals surface area contributed by atoms with Gasteiger partial charge in [0.2, 0.25) is 5.91 Å². The molecule has 0 radical (unpaired) electrons. The van der Waals surface area contributed by atoms with Crippen molar-refractivity contribution in [1.29, 1.82) is 0 Å². The minimum atomic E-state index is -1.05. The van der Waals surface area contributed by atoms with Gasteiger partial charge in [-0.2, -0.15) is 0 Å². The zero-order valence-corrected chi connectivity index (χ0v) is 27.2. The summed E-state index contributed by atoms with van der Waals surface area (Å²) in [4.78, 5) is 64.6. The third kappa shape index (κ3) is 9.87. The first-order valence-electron chi connectivity index (χ1n) is 16.1. The first-order valence-corrected chi connectivity index (χ1v) is 16.1. The van der Waals surface area contributed by atoms with Crippen molar-refractivity contribution >= 4 is 29.7 Å². The quantitative estimate of drug-likeness (QED) is 0.329. The molecular weight excluding hydrogens is 592 g/mol. The predicted molar refractivity (Wildman–Crippen MR) is 171 cm³/mol. The highest BCUT2D eigenvalue weighted by Gasteiger charge is 2.32. The Bertz CT molecular complexity index is 1360. The SMILES string of the molecule is CCOC(=O)N1CCN(C(=O)[C@H](CCC(=O)OC(C)(C)C)NC(=O)c2cc(N[C@@H]3CCCC[C@H]3O)nc(-c3ccccc3)n2)CC1. The second-order valence-electron chi connectivity index (χ2n) is 12.6. The number of aliphatic hydroxyl groups excluding tert-OH is 1. The van der Waals surface area contributed by atoms with Crippen LogP contribution in [0.25, 0.3) is 11.4 Å². The van der Waals surface area contributed by atoms with Gasteiger partial charge >= 0.3 is 12.1 Å². The number of carbonyl (C=O) groups excluding carboxylic acids is 4. The van der Waals surface area contributed by atoms with Gasteiger partial charge in [-0.15, -0.1) is 0 Å². The third-order valence-electron chi connectivity index (χ3n) is 7.83.